The molecule has 5 heterocycles. The molecule has 1 N–H and O–H groups in total. The molecule has 0 saturated carbocycles. The molecule has 1 aliphatic rings. The van der Waals surface area contributed by atoms with E-state index < -0.39 is 11.6 Å². The quantitative estimate of drug-likeness (QED) is 0.507. The van der Waals surface area contributed by atoms with E-state index in [9.17, 15) is 18.4 Å². The van der Waals surface area contributed by atoms with Crippen LogP contribution in [0.1, 0.15) is 22.5 Å². The first-order chi connectivity index (χ1) is 15.3. The maximum Gasteiger partial charge on any atom is 0.344 e. The van der Waals surface area contributed by atoms with Crippen LogP contribution in [-0.4, -0.2) is 59.5 Å². The van der Waals surface area contributed by atoms with E-state index in [-0.39, 0.29) is 31.8 Å². The van der Waals surface area contributed by atoms with Gasteiger partial charge in [-0.2, -0.15) is 5.10 Å². The van der Waals surface area contributed by atoms with Gasteiger partial charge in [0.15, 0.2) is 5.82 Å². The third-order valence-corrected chi connectivity index (χ3v) is 6.40. The molecule has 164 valence electrons. The van der Waals surface area contributed by atoms with Crippen molar-refractivity contribution in [3.05, 3.63) is 46.1 Å². The number of thiophene rings is 1. The number of alkyl halides is 2. The van der Waals surface area contributed by atoms with Crippen LogP contribution in [0.15, 0.2) is 35.5 Å². The highest BCUT2D eigenvalue weighted by Gasteiger charge is 2.36. The maximum absolute atomic E-state index is 13.5. The van der Waals surface area contributed by atoms with E-state index in [0.29, 0.717) is 37.9 Å². The van der Waals surface area contributed by atoms with E-state index in [1.165, 1.54) is 28.6 Å². The average molecular weight is 457 g/mol. The molecule has 0 atom stereocenters. The summed E-state index contributed by atoms with van der Waals surface area (Å²) in [6.45, 7) is 0.0171. The summed E-state index contributed by atoms with van der Waals surface area (Å²) in [5, 5.41) is 4.85. The molecule has 1 fully saturated rings. The number of aryl methyl sites for hydroxylation is 1. The predicted molar refractivity (Wildman–Crippen MR) is 114 cm³/mol. The molecule has 12 heteroatoms. The Bertz CT molecular complexity index is 1360. The molecule has 1 saturated heterocycles. The fourth-order valence-electron chi connectivity index (χ4n) is 3.61. The minimum absolute atomic E-state index is 0.00857. The first-order valence-electron chi connectivity index (χ1n) is 9.83. The summed E-state index contributed by atoms with van der Waals surface area (Å²) in [7, 11) is 1.77. The fourth-order valence-corrected chi connectivity index (χ4v) is 4.61. The van der Waals surface area contributed by atoms with Crippen LogP contribution in [0.5, 0.6) is 0 Å². The Hall–Kier alpha value is -3.54. The van der Waals surface area contributed by atoms with Crippen LogP contribution in [0.25, 0.3) is 33.0 Å². The van der Waals surface area contributed by atoms with Crippen LogP contribution in [0.3, 0.4) is 0 Å². The minimum Gasteiger partial charge on any atom is -0.338 e. The number of hydrogen-bond acceptors (Lipinski definition) is 7. The third-order valence-electron chi connectivity index (χ3n) is 5.38. The van der Waals surface area contributed by atoms with Crippen LogP contribution in [0.2, 0.25) is 0 Å². The van der Waals surface area contributed by atoms with Crippen LogP contribution in [0, 0.1) is 0 Å². The summed E-state index contributed by atoms with van der Waals surface area (Å²) in [4.78, 5) is 42.2. The smallest absolute Gasteiger partial charge is 0.338 e. The van der Waals surface area contributed by atoms with Crippen LogP contribution >= 0.6 is 11.3 Å². The SMILES string of the molecule is Cn1nccc1-c1nc(-c2cnc(=O)[nH]c2)nc2sc(C(=O)N3CCC(F)(F)CC3)cc12. The molecule has 4 aromatic heterocycles. The summed E-state index contributed by atoms with van der Waals surface area (Å²) in [5.41, 5.74) is 1.30. The lowest BCUT2D eigenvalue weighted by atomic mass is 10.1. The zero-order valence-electron chi connectivity index (χ0n) is 16.9. The second kappa shape index (κ2) is 7.55. The topological polar surface area (TPSA) is 110 Å². The lowest BCUT2D eigenvalue weighted by Crippen LogP contribution is -2.42. The Labute approximate surface area is 183 Å². The number of aromatic nitrogens is 6. The van der Waals surface area contributed by atoms with Gasteiger partial charge in [-0.15, -0.1) is 11.3 Å². The number of aromatic amines is 1. The number of piperidine rings is 1. The number of carbonyl (C=O) groups is 1. The Morgan fingerprint density at radius 1 is 1.25 bits per heavy atom. The van der Waals surface area contributed by atoms with Crippen molar-refractivity contribution in [3.63, 3.8) is 0 Å². The molecule has 0 aromatic carbocycles. The van der Waals surface area contributed by atoms with E-state index in [2.05, 4.69) is 25.0 Å². The van der Waals surface area contributed by atoms with Gasteiger partial charge in [0, 0.05) is 57.0 Å². The molecule has 1 amide bonds. The Morgan fingerprint density at radius 3 is 2.69 bits per heavy atom. The number of rotatable bonds is 3. The summed E-state index contributed by atoms with van der Waals surface area (Å²) >= 11 is 1.18. The number of fused-ring (bicyclic) bond motifs is 1. The number of halogens is 2. The van der Waals surface area contributed by atoms with Crippen molar-refractivity contribution >= 4 is 27.5 Å². The number of H-pyrrole nitrogens is 1. The molecule has 32 heavy (non-hydrogen) atoms. The van der Waals surface area contributed by atoms with Gasteiger partial charge < -0.3 is 9.88 Å². The van der Waals surface area contributed by atoms with Crippen molar-refractivity contribution in [1.82, 2.24) is 34.6 Å². The van der Waals surface area contributed by atoms with Crippen molar-refractivity contribution < 1.29 is 13.6 Å². The van der Waals surface area contributed by atoms with Gasteiger partial charge in [0.25, 0.3) is 11.8 Å². The molecule has 0 aliphatic carbocycles. The molecule has 0 spiro atoms. The second-order valence-electron chi connectivity index (χ2n) is 7.52. The number of likely N-dealkylation sites (tertiary alicyclic amines) is 1. The van der Waals surface area contributed by atoms with Gasteiger partial charge in [0.05, 0.1) is 16.1 Å². The molecule has 0 bridgehead atoms. The number of hydrogen-bond donors (Lipinski definition) is 1. The zero-order chi connectivity index (χ0) is 22.5. The minimum atomic E-state index is -2.73. The normalized spacial score (nSPS) is 15.9. The van der Waals surface area contributed by atoms with Gasteiger partial charge in [-0.25, -0.2) is 28.5 Å². The highest BCUT2D eigenvalue weighted by atomic mass is 32.1. The van der Waals surface area contributed by atoms with Crippen molar-refractivity contribution in [2.75, 3.05) is 13.1 Å². The van der Waals surface area contributed by atoms with Crippen molar-refractivity contribution in [3.8, 4) is 22.8 Å². The molecule has 0 radical (unpaired) electrons. The number of carbonyl (C=O) groups excluding carboxylic acids is 1. The van der Waals surface area contributed by atoms with Gasteiger partial charge in [-0.3, -0.25) is 9.48 Å². The third kappa shape index (κ3) is 3.66. The largest absolute Gasteiger partial charge is 0.344 e. The summed E-state index contributed by atoms with van der Waals surface area (Å²) in [6.07, 6.45) is 3.80. The fraction of sp³-hybridized carbons (Fsp3) is 0.300. The Morgan fingerprint density at radius 2 is 2.03 bits per heavy atom. The molecular weight excluding hydrogens is 440 g/mol. The second-order valence-corrected chi connectivity index (χ2v) is 8.55. The van der Waals surface area contributed by atoms with Gasteiger partial charge in [0.2, 0.25) is 0 Å². The predicted octanol–water partition coefficient (Wildman–Crippen LogP) is 2.71. The number of nitrogens with one attached hydrogen (secondary N) is 1. The van der Waals surface area contributed by atoms with Crippen molar-refractivity contribution in [2.24, 2.45) is 7.05 Å². The summed E-state index contributed by atoms with van der Waals surface area (Å²) < 4.78 is 28.7. The molecule has 9 nitrogen and oxygen atoms in total. The highest BCUT2D eigenvalue weighted by Crippen LogP contribution is 2.35. The number of amides is 1. The van der Waals surface area contributed by atoms with Gasteiger partial charge >= 0.3 is 5.69 Å². The monoisotopic (exact) mass is 457 g/mol. The van der Waals surface area contributed by atoms with Crippen LogP contribution in [-0.2, 0) is 7.05 Å². The first-order valence-corrected chi connectivity index (χ1v) is 10.6. The van der Waals surface area contributed by atoms with Crippen LogP contribution < -0.4 is 5.69 Å². The standard InChI is InChI=1S/C20H17F2N7O2S/c1-28-13(2-5-25-28)15-12-8-14(18(30)29-6-3-20(21,22)4-7-29)32-17(12)27-16(26-15)11-9-23-19(31)24-10-11/h2,5,8-10H,3-4,6-7H2,1H3,(H,23,24,31). The first kappa shape index (κ1) is 20.4. The van der Waals surface area contributed by atoms with Gasteiger partial charge in [-0.1, -0.05) is 0 Å². The average Bonchev–Trinajstić information content (AvgIpc) is 3.39. The molecule has 5 rings (SSSR count). The lowest BCUT2D eigenvalue weighted by molar-refractivity contribution is -0.0493. The Kier molecular flexibility index (Phi) is 4.81. The molecule has 1 aliphatic heterocycles. The zero-order valence-corrected chi connectivity index (χ0v) is 17.7. The van der Waals surface area contributed by atoms with E-state index in [1.54, 1.807) is 30.1 Å². The number of nitrogens with zero attached hydrogens (tertiary/aromatic N) is 6. The lowest BCUT2D eigenvalue weighted by Gasteiger charge is -2.31. The summed E-state index contributed by atoms with van der Waals surface area (Å²) in [5.74, 6) is -2.70. The van der Waals surface area contributed by atoms with E-state index in [1.807, 2.05) is 0 Å². The van der Waals surface area contributed by atoms with E-state index in [4.69, 9.17) is 0 Å². The van der Waals surface area contributed by atoms with Gasteiger partial charge in [-0.05, 0) is 12.1 Å². The molecule has 0 unspecified atom stereocenters. The van der Waals surface area contributed by atoms with Crippen molar-refractivity contribution in [2.45, 2.75) is 18.8 Å². The highest BCUT2D eigenvalue weighted by molar-refractivity contribution is 7.20. The Balaban J connectivity index is 1.61. The van der Waals surface area contributed by atoms with E-state index >= 15 is 0 Å². The van der Waals surface area contributed by atoms with Crippen LogP contribution in [0.4, 0.5) is 8.78 Å². The molecule has 4 aromatic rings. The van der Waals surface area contributed by atoms with Gasteiger partial charge in [0.1, 0.15) is 10.5 Å². The summed E-state index contributed by atoms with van der Waals surface area (Å²) in [6, 6.07) is 3.49. The maximum atomic E-state index is 13.5. The van der Waals surface area contributed by atoms with Crippen molar-refractivity contribution in [1.29, 1.82) is 0 Å². The van der Waals surface area contributed by atoms with E-state index in [0.717, 1.165) is 0 Å². The molecular formula is C20H17F2N7O2S.